The van der Waals surface area contributed by atoms with Gasteiger partial charge in [-0.3, -0.25) is 5.41 Å². The molecule has 1 heterocycles. The summed E-state index contributed by atoms with van der Waals surface area (Å²) in [7, 11) is 0. The lowest BCUT2D eigenvalue weighted by atomic mass is 10.2. The predicted octanol–water partition coefficient (Wildman–Crippen LogP) is 2.09. The molecular formula is C12H11NO3. The van der Waals surface area contributed by atoms with E-state index in [0.29, 0.717) is 5.58 Å². The van der Waals surface area contributed by atoms with Crippen LogP contribution in [0.2, 0.25) is 0 Å². The molecule has 82 valence electrons. The van der Waals surface area contributed by atoms with Crippen LogP contribution in [0.5, 0.6) is 0 Å². The average molecular weight is 217 g/mol. The Hall–Kier alpha value is -2.10. The SMILES string of the molecule is CCOC(=O)c1cc2ccccc2oc1=N. The number of hydrogen-bond acceptors (Lipinski definition) is 4. The zero-order chi connectivity index (χ0) is 11.5. The number of carbonyl (C=O) groups is 1. The van der Waals surface area contributed by atoms with Crippen molar-refractivity contribution in [2.45, 2.75) is 6.92 Å². The van der Waals surface area contributed by atoms with Crippen LogP contribution in [-0.4, -0.2) is 12.6 Å². The van der Waals surface area contributed by atoms with Crippen LogP contribution in [0.25, 0.3) is 11.0 Å². The predicted molar refractivity (Wildman–Crippen MR) is 58.0 cm³/mol. The van der Waals surface area contributed by atoms with E-state index in [4.69, 9.17) is 14.6 Å². The van der Waals surface area contributed by atoms with E-state index < -0.39 is 5.97 Å². The molecule has 0 aliphatic carbocycles. The van der Waals surface area contributed by atoms with Crippen molar-refractivity contribution in [1.29, 1.82) is 5.41 Å². The fourth-order valence-corrected chi connectivity index (χ4v) is 1.44. The van der Waals surface area contributed by atoms with Crippen molar-refractivity contribution in [1.82, 2.24) is 0 Å². The summed E-state index contributed by atoms with van der Waals surface area (Å²) in [5.74, 6) is -0.526. The molecule has 2 rings (SSSR count). The van der Waals surface area contributed by atoms with Crippen LogP contribution < -0.4 is 5.55 Å². The Bertz CT molecular complexity index is 586. The Kier molecular flexibility index (Phi) is 2.72. The smallest absolute Gasteiger partial charge is 0.343 e. The fraction of sp³-hybridized carbons (Fsp3) is 0.167. The molecule has 16 heavy (non-hydrogen) atoms. The maximum absolute atomic E-state index is 11.5. The number of hydrogen-bond donors (Lipinski definition) is 1. The summed E-state index contributed by atoms with van der Waals surface area (Å²) in [4.78, 5) is 11.5. The molecule has 0 saturated heterocycles. The highest BCUT2D eigenvalue weighted by molar-refractivity contribution is 5.92. The number of ether oxygens (including phenoxy) is 1. The van der Waals surface area contributed by atoms with Gasteiger partial charge in [-0.15, -0.1) is 0 Å². The first-order chi connectivity index (χ1) is 7.72. The molecule has 0 aliphatic rings. The Morgan fingerprint density at radius 1 is 1.44 bits per heavy atom. The lowest BCUT2D eigenvalue weighted by Gasteiger charge is -2.02. The number of fused-ring (bicyclic) bond motifs is 1. The summed E-state index contributed by atoms with van der Waals surface area (Å²) in [6.45, 7) is 2.00. The van der Waals surface area contributed by atoms with Gasteiger partial charge < -0.3 is 9.15 Å². The molecular weight excluding hydrogens is 206 g/mol. The zero-order valence-electron chi connectivity index (χ0n) is 8.82. The van der Waals surface area contributed by atoms with Crippen molar-refractivity contribution in [3.8, 4) is 0 Å². The van der Waals surface area contributed by atoms with Crippen molar-refractivity contribution < 1.29 is 13.9 Å². The Labute approximate surface area is 92.0 Å². The van der Waals surface area contributed by atoms with E-state index in [9.17, 15) is 4.79 Å². The summed E-state index contributed by atoms with van der Waals surface area (Å²) in [5.41, 5.74) is 0.568. The van der Waals surface area contributed by atoms with Gasteiger partial charge in [0, 0.05) is 5.39 Å². The molecule has 0 bridgehead atoms. The Morgan fingerprint density at radius 3 is 2.94 bits per heavy atom. The summed E-state index contributed by atoms with van der Waals surface area (Å²) in [6.07, 6.45) is 0. The van der Waals surface area contributed by atoms with Crippen LogP contribution in [0.4, 0.5) is 0 Å². The zero-order valence-corrected chi connectivity index (χ0v) is 8.82. The molecule has 0 atom stereocenters. The second kappa shape index (κ2) is 4.18. The first kappa shape index (κ1) is 10.4. The van der Waals surface area contributed by atoms with Gasteiger partial charge in [-0.2, -0.15) is 0 Å². The van der Waals surface area contributed by atoms with Crippen molar-refractivity contribution in [2.24, 2.45) is 0 Å². The normalized spacial score (nSPS) is 10.3. The Morgan fingerprint density at radius 2 is 2.19 bits per heavy atom. The van der Waals surface area contributed by atoms with E-state index in [0.717, 1.165) is 5.39 Å². The minimum Gasteiger partial charge on any atom is -0.462 e. The van der Waals surface area contributed by atoms with Crippen LogP contribution in [0.3, 0.4) is 0 Å². The molecule has 0 saturated carbocycles. The number of carbonyl (C=O) groups excluding carboxylic acids is 1. The third kappa shape index (κ3) is 1.82. The number of nitrogens with one attached hydrogen (secondary N) is 1. The molecule has 2 aromatic rings. The van der Waals surface area contributed by atoms with Gasteiger partial charge in [-0.05, 0) is 19.1 Å². The molecule has 0 amide bonds. The summed E-state index contributed by atoms with van der Waals surface area (Å²) >= 11 is 0. The molecule has 4 nitrogen and oxygen atoms in total. The maximum Gasteiger partial charge on any atom is 0.343 e. The lowest BCUT2D eigenvalue weighted by Crippen LogP contribution is -2.16. The van der Waals surface area contributed by atoms with E-state index >= 15 is 0 Å². The van der Waals surface area contributed by atoms with Gasteiger partial charge in [0.25, 0.3) is 0 Å². The van der Waals surface area contributed by atoms with Gasteiger partial charge >= 0.3 is 5.97 Å². The van der Waals surface area contributed by atoms with E-state index in [1.807, 2.05) is 18.2 Å². The summed E-state index contributed by atoms with van der Waals surface area (Å²) < 4.78 is 10.1. The third-order valence-electron chi connectivity index (χ3n) is 2.17. The van der Waals surface area contributed by atoms with Crippen LogP contribution in [0.1, 0.15) is 17.3 Å². The highest BCUT2D eigenvalue weighted by Crippen LogP contribution is 2.12. The second-order valence-electron chi connectivity index (χ2n) is 3.25. The van der Waals surface area contributed by atoms with E-state index in [2.05, 4.69) is 0 Å². The van der Waals surface area contributed by atoms with Crippen LogP contribution in [-0.2, 0) is 4.74 Å². The van der Waals surface area contributed by atoms with Crippen molar-refractivity contribution in [3.05, 3.63) is 41.4 Å². The van der Waals surface area contributed by atoms with E-state index in [-0.39, 0.29) is 17.7 Å². The topological polar surface area (TPSA) is 63.3 Å². The second-order valence-corrected chi connectivity index (χ2v) is 3.25. The molecule has 1 aromatic carbocycles. The highest BCUT2D eigenvalue weighted by Gasteiger charge is 2.11. The lowest BCUT2D eigenvalue weighted by molar-refractivity contribution is 0.0521. The molecule has 4 heteroatoms. The van der Waals surface area contributed by atoms with Gasteiger partial charge in [0.1, 0.15) is 11.1 Å². The first-order valence-corrected chi connectivity index (χ1v) is 4.97. The number of para-hydroxylation sites is 1. The maximum atomic E-state index is 11.5. The molecule has 0 aliphatic heterocycles. The van der Waals surface area contributed by atoms with E-state index in [1.165, 1.54) is 0 Å². The van der Waals surface area contributed by atoms with Crippen molar-refractivity contribution in [3.63, 3.8) is 0 Å². The minimum atomic E-state index is -0.526. The fourth-order valence-electron chi connectivity index (χ4n) is 1.44. The molecule has 0 unspecified atom stereocenters. The van der Waals surface area contributed by atoms with Gasteiger partial charge in [0.05, 0.1) is 6.61 Å². The van der Waals surface area contributed by atoms with Gasteiger partial charge in [-0.1, -0.05) is 18.2 Å². The molecule has 0 spiro atoms. The van der Waals surface area contributed by atoms with Gasteiger partial charge in [0.15, 0.2) is 0 Å². The third-order valence-corrected chi connectivity index (χ3v) is 2.17. The summed E-state index contributed by atoms with van der Waals surface area (Å²) in [5, 5.41) is 8.37. The number of benzene rings is 1. The standard InChI is InChI=1S/C12H11NO3/c1-2-15-12(14)9-7-8-5-3-4-6-10(8)16-11(9)13/h3-7,13H,2H2,1H3. The quantitative estimate of drug-likeness (QED) is 0.783. The van der Waals surface area contributed by atoms with Crippen molar-refractivity contribution >= 4 is 16.9 Å². The van der Waals surface area contributed by atoms with Crippen LogP contribution in [0.15, 0.2) is 34.7 Å². The first-order valence-electron chi connectivity index (χ1n) is 4.97. The highest BCUT2D eigenvalue weighted by atomic mass is 16.5. The summed E-state index contributed by atoms with van der Waals surface area (Å²) in [6, 6.07) is 8.84. The molecule has 1 N–H and O–H groups in total. The monoisotopic (exact) mass is 217 g/mol. The van der Waals surface area contributed by atoms with Crippen LogP contribution in [0, 0.1) is 5.41 Å². The number of esters is 1. The molecule has 0 radical (unpaired) electrons. The number of rotatable bonds is 2. The Balaban J connectivity index is 2.58. The van der Waals surface area contributed by atoms with Crippen molar-refractivity contribution in [2.75, 3.05) is 6.61 Å². The van der Waals surface area contributed by atoms with Crippen LogP contribution >= 0.6 is 0 Å². The average Bonchev–Trinajstić information content (AvgIpc) is 2.28. The largest absolute Gasteiger partial charge is 0.462 e. The molecule has 1 aromatic heterocycles. The molecule has 0 fully saturated rings. The van der Waals surface area contributed by atoms with Gasteiger partial charge in [0.2, 0.25) is 5.55 Å². The van der Waals surface area contributed by atoms with E-state index in [1.54, 1.807) is 19.1 Å². The minimum absolute atomic E-state index is 0.153. The van der Waals surface area contributed by atoms with Gasteiger partial charge in [-0.25, -0.2) is 4.79 Å².